The Morgan fingerprint density at radius 2 is 2.00 bits per heavy atom. The smallest absolute Gasteiger partial charge is 0.0326 e. The molecule has 0 nitrogen and oxygen atoms in total. The molecule has 0 atom stereocenters. The molecule has 1 heteroatoms. The summed E-state index contributed by atoms with van der Waals surface area (Å²) in [6.07, 6.45) is 5.37. The summed E-state index contributed by atoms with van der Waals surface area (Å²) < 4.78 is 0. The fourth-order valence-corrected chi connectivity index (χ4v) is 2.12. The van der Waals surface area contributed by atoms with E-state index in [-0.39, 0.29) is 9.52 Å². The van der Waals surface area contributed by atoms with E-state index >= 15 is 0 Å². The van der Waals surface area contributed by atoms with Gasteiger partial charge in [-0.25, -0.2) is 0 Å². The highest BCUT2D eigenvalue weighted by Crippen LogP contribution is 2.07. The van der Waals surface area contributed by atoms with E-state index in [0.29, 0.717) is 5.54 Å². The molecule has 0 saturated carbocycles. The minimum absolute atomic E-state index is 0.0891. The fourth-order valence-electron chi connectivity index (χ4n) is 0.772. The van der Waals surface area contributed by atoms with Crippen LogP contribution >= 0.6 is 0 Å². The van der Waals surface area contributed by atoms with E-state index in [2.05, 4.69) is 20.1 Å². The average Bonchev–Trinajstić information content (AvgIpc) is 1.91. The molecule has 0 unspecified atom stereocenters. The van der Waals surface area contributed by atoms with Crippen molar-refractivity contribution in [3.63, 3.8) is 0 Å². The van der Waals surface area contributed by atoms with Crippen molar-refractivity contribution in [2.75, 3.05) is 0 Å². The molecule has 0 aromatic carbocycles. The first-order valence-corrected chi connectivity index (χ1v) is 5.42. The zero-order valence-corrected chi connectivity index (χ0v) is 7.68. The average molecular weight is 140 g/mol. The van der Waals surface area contributed by atoms with Gasteiger partial charge in [-0.15, -0.1) is 13.2 Å². The molecule has 0 aromatic rings. The Morgan fingerprint density at radius 1 is 1.44 bits per heavy atom. The van der Waals surface area contributed by atoms with Crippen molar-refractivity contribution >= 4 is 9.52 Å². The van der Waals surface area contributed by atoms with Crippen LogP contribution in [0.2, 0.25) is 11.6 Å². The van der Waals surface area contributed by atoms with Crippen LogP contribution in [0.4, 0.5) is 0 Å². The van der Waals surface area contributed by atoms with Gasteiger partial charge in [0.15, 0.2) is 0 Å². The third kappa shape index (κ3) is 4.22. The van der Waals surface area contributed by atoms with E-state index in [9.17, 15) is 0 Å². The summed E-state index contributed by atoms with van der Waals surface area (Å²) in [6.45, 7) is 9.73. The molecule has 9 heavy (non-hydrogen) atoms. The Labute approximate surface area is 60.5 Å². The maximum absolute atomic E-state index is 3.75. The molecule has 52 valence electrons. The van der Waals surface area contributed by atoms with Gasteiger partial charge < -0.3 is 0 Å². The predicted molar refractivity (Wildman–Crippen MR) is 47.8 cm³/mol. The van der Waals surface area contributed by atoms with Crippen molar-refractivity contribution in [3.8, 4) is 0 Å². The summed E-state index contributed by atoms with van der Waals surface area (Å²) in [5.41, 5.74) is 0.671. The van der Waals surface area contributed by atoms with Crippen LogP contribution < -0.4 is 0 Å². The molecule has 0 N–H and O–H groups in total. The first-order chi connectivity index (χ1) is 4.35. The van der Waals surface area contributed by atoms with Crippen LogP contribution in [0.25, 0.3) is 0 Å². The lowest BCUT2D eigenvalue weighted by Gasteiger charge is -2.01. The molecule has 0 spiro atoms. The molecular formula is C8H16Si. The second-order valence-electron chi connectivity index (χ2n) is 2.28. The van der Waals surface area contributed by atoms with Gasteiger partial charge in [-0.2, -0.15) is 0 Å². The normalized spacial score (nSPS) is 10.9. The molecule has 0 fully saturated rings. The maximum atomic E-state index is 3.75. The van der Waals surface area contributed by atoms with Gasteiger partial charge in [0.25, 0.3) is 0 Å². The van der Waals surface area contributed by atoms with Gasteiger partial charge in [0.05, 0.1) is 0 Å². The van der Waals surface area contributed by atoms with E-state index < -0.39 is 0 Å². The maximum Gasteiger partial charge on any atom is 0.0326 e. The van der Waals surface area contributed by atoms with E-state index in [0.717, 1.165) is 0 Å². The highest BCUT2D eigenvalue weighted by Gasteiger charge is 1.95. The third-order valence-corrected chi connectivity index (χ3v) is 3.95. The third-order valence-electron chi connectivity index (χ3n) is 1.50. The second kappa shape index (κ2) is 5.83. The van der Waals surface area contributed by atoms with Crippen molar-refractivity contribution in [1.29, 1.82) is 0 Å². The van der Waals surface area contributed by atoms with Crippen LogP contribution in [-0.4, -0.2) is 9.52 Å². The van der Waals surface area contributed by atoms with Crippen molar-refractivity contribution in [1.82, 2.24) is 0 Å². The summed E-state index contributed by atoms with van der Waals surface area (Å²) >= 11 is 0. The fraction of sp³-hybridized carbons (Fsp3) is 0.500. The minimum Gasteiger partial charge on any atom is -0.103 e. The quantitative estimate of drug-likeness (QED) is 0.405. The topological polar surface area (TPSA) is 0 Å². The van der Waals surface area contributed by atoms with Crippen molar-refractivity contribution < 1.29 is 0 Å². The Morgan fingerprint density at radius 3 is 2.33 bits per heavy atom. The molecule has 0 radical (unpaired) electrons. The van der Waals surface area contributed by atoms with Gasteiger partial charge in [0.2, 0.25) is 0 Å². The summed E-state index contributed by atoms with van der Waals surface area (Å²) in [4.78, 5) is 0. The molecule has 0 bridgehead atoms. The van der Waals surface area contributed by atoms with E-state index in [1.807, 2.05) is 12.2 Å². The molecule has 0 saturated heterocycles. The number of allylic oxidation sites excluding steroid dienone is 2. The molecule has 0 heterocycles. The summed E-state index contributed by atoms with van der Waals surface area (Å²) in [7, 11) is 0.0891. The van der Waals surface area contributed by atoms with Crippen molar-refractivity contribution in [3.05, 3.63) is 25.3 Å². The Hall–Kier alpha value is -0.303. The molecule has 0 aromatic heterocycles. The molecule has 0 rings (SSSR count). The lowest BCUT2D eigenvalue weighted by atomic mass is 10.4. The Balaban J connectivity index is 3.30. The lowest BCUT2D eigenvalue weighted by molar-refractivity contribution is 1.06. The highest BCUT2D eigenvalue weighted by atomic mass is 28.2. The molecule has 0 amide bonds. The van der Waals surface area contributed by atoms with Gasteiger partial charge in [-0.3, -0.25) is 0 Å². The Bertz CT molecular complexity index is 78.6. The van der Waals surface area contributed by atoms with Gasteiger partial charge >= 0.3 is 0 Å². The van der Waals surface area contributed by atoms with Crippen LogP contribution in [0, 0.1) is 0 Å². The molecular weight excluding hydrogens is 124 g/mol. The first-order valence-electron chi connectivity index (χ1n) is 3.60. The monoisotopic (exact) mass is 140 g/mol. The van der Waals surface area contributed by atoms with E-state index in [1.54, 1.807) is 0 Å². The number of rotatable bonds is 5. The van der Waals surface area contributed by atoms with Crippen LogP contribution in [-0.2, 0) is 0 Å². The standard InChI is InChI=1S/C8H16Si/c1-4-7-9-8(5-2)6-3/h5-6,8H,2-4,7,9H2,1H3. The van der Waals surface area contributed by atoms with Gasteiger partial charge in [0, 0.05) is 9.52 Å². The van der Waals surface area contributed by atoms with Gasteiger partial charge in [0.1, 0.15) is 0 Å². The summed E-state index contributed by atoms with van der Waals surface area (Å²) in [5.74, 6) is 0. The minimum atomic E-state index is 0.0891. The summed E-state index contributed by atoms with van der Waals surface area (Å²) in [5, 5.41) is 0. The van der Waals surface area contributed by atoms with Gasteiger partial charge in [-0.1, -0.05) is 31.5 Å². The van der Waals surface area contributed by atoms with Crippen molar-refractivity contribution in [2.24, 2.45) is 0 Å². The summed E-state index contributed by atoms with van der Waals surface area (Å²) in [6, 6.07) is 1.42. The lowest BCUT2D eigenvalue weighted by Crippen LogP contribution is -1.95. The largest absolute Gasteiger partial charge is 0.103 e. The zero-order chi connectivity index (χ0) is 7.11. The highest BCUT2D eigenvalue weighted by molar-refractivity contribution is 6.39. The number of hydrogen-bond donors (Lipinski definition) is 0. The Kier molecular flexibility index (Phi) is 5.63. The molecule has 0 aliphatic carbocycles. The van der Waals surface area contributed by atoms with Crippen LogP contribution in [0.3, 0.4) is 0 Å². The van der Waals surface area contributed by atoms with Gasteiger partial charge in [-0.05, 0) is 5.54 Å². The molecule has 0 aliphatic heterocycles. The zero-order valence-electron chi connectivity index (χ0n) is 6.27. The first kappa shape index (κ1) is 8.70. The van der Waals surface area contributed by atoms with E-state index in [1.165, 1.54) is 12.5 Å². The van der Waals surface area contributed by atoms with Crippen LogP contribution in [0.5, 0.6) is 0 Å². The molecule has 0 aliphatic rings. The second-order valence-corrected chi connectivity index (χ2v) is 4.50. The SMILES string of the molecule is C=CC(C=C)[SiH2]CCC. The van der Waals surface area contributed by atoms with Crippen LogP contribution in [0.1, 0.15) is 13.3 Å². The van der Waals surface area contributed by atoms with Crippen molar-refractivity contribution in [2.45, 2.75) is 24.9 Å². The number of hydrogen-bond acceptors (Lipinski definition) is 0. The van der Waals surface area contributed by atoms with E-state index in [4.69, 9.17) is 0 Å². The predicted octanol–water partition coefficient (Wildman–Crippen LogP) is 2.14. The van der Waals surface area contributed by atoms with Crippen LogP contribution in [0.15, 0.2) is 25.3 Å².